The van der Waals surface area contributed by atoms with E-state index in [-0.39, 0.29) is 12.2 Å². The largest absolute Gasteiger partial charge is 0.373 e. The highest BCUT2D eigenvalue weighted by atomic mass is 16.5. The molecule has 6 heteroatoms. The molecule has 0 unspecified atom stereocenters. The summed E-state index contributed by atoms with van der Waals surface area (Å²) in [5.74, 6) is 2.71. The van der Waals surface area contributed by atoms with Crippen molar-refractivity contribution in [3.63, 3.8) is 0 Å². The summed E-state index contributed by atoms with van der Waals surface area (Å²) in [5, 5.41) is 8.90. The van der Waals surface area contributed by atoms with E-state index in [1.807, 2.05) is 0 Å². The molecule has 0 aromatic carbocycles. The van der Waals surface area contributed by atoms with Gasteiger partial charge in [-0.2, -0.15) is 0 Å². The van der Waals surface area contributed by atoms with Gasteiger partial charge in [-0.05, 0) is 33.6 Å². The molecular weight excluding hydrogens is 266 g/mol. The Hall–Kier alpha value is -0.980. The molecule has 0 amide bonds. The number of nitrogens with two attached hydrogens (primary N) is 1. The van der Waals surface area contributed by atoms with E-state index in [1.54, 1.807) is 0 Å². The SMILES string of the molecule is CCn1c(CN2C[C@@H](C)O[C@@H](C)C2)nnc1C1CC(N)C1. The molecule has 1 aliphatic carbocycles. The van der Waals surface area contributed by atoms with Crippen LogP contribution in [0, 0.1) is 0 Å². The first-order valence-electron chi connectivity index (χ1n) is 8.12. The van der Waals surface area contributed by atoms with Crippen molar-refractivity contribution in [1.29, 1.82) is 0 Å². The van der Waals surface area contributed by atoms with Gasteiger partial charge in [-0.25, -0.2) is 0 Å². The first kappa shape index (κ1) is 14.9. The van der Waals surface area contributed by atoms with Gasteiger partial charge in [-0.3, -0.25) is 4.90 Å². The molecular formula is C15H27N5O. The topological polar surface area (TPSA) is 69.2 Å². The average molecular weight is 293 g/mol. The van der Waals surface area contributed by atoms with Gasteiger partial charge < -0.3 is 15.0 Å². The summed E-state index contributed by atoms with van der Waals surface area (Å²) in [5.41, 5.74) is 5.90. The molecule has 1 aromatic rings. The molecule has 1 saturated carbocycles. The van der Waals surface area contributed by atoms with Crippen molar-refractivity contribution in [3.8, 4) is 0 Å². The van der Waals surface area contributed by atoms with Crippen LogP contribution in [0.2, 0.25) is 0 Å². The van der Waals surface area contributed by atoms with E-state index in [1.165, 1.54) is 0 Å². The molecule has 2 fully saturated rings. The third-order valence-electron chi connectivity index (χ3n) is 4.57. The lowest BCUT2D eigenvalue weighted by Gasteiger charge is -2.35. The van der Waals surface area contributed by atoms with Crippen LogP contribution in [0.5, 0.6) is 0 Å². The number of aromatic nitrogens is 3. The van der Waals surface area contributed by atoms with Gasteiger partial charge in [-0.15, -0.1) is 10.2 Å². The molecule has 2 N–H and O–H groups in total. The van der Waals surface area contributed by atoms with Gasteiger partial charge >= 0.3 is 0 Å². The number of hydrogen-bond acceptors (Lipinski definition) is 5. The highest BCUT2D eigenvalue weighted by molar-refractivity contribution is 5.08. The lowest BCUT2D eigenvalue weighted by atomic mass is 9.80. The lowest BCUT2D eigenvalue weighted by molar-refractivity contribution is -0.0713. The second kappa shape index (κ2) is 6.02. The van der Waals surface area contributed by atoms with Crippen molar-refractivity contribution in [2.75, 3.05) is 13.1 Å². The molecule has 0 spiro atoms. The Bertz CT molecular complexity index is 472. The van der Waals surface area contributed by atoms with Crippen molar-refractivity contribution in [1.82, 2.24) is 19.7 Å². The van der Waals surface area contributed by atoms with E-state index >= 15 is 0 Å². The van der Waals surface area contributed by atoms with Crippen LogP contribution in [-0.4, -0.2) is 51.0 Å². The highest BCUT2D eigenvalue weighted by Crippen LogP contribution is 2.34. The molecule has 1 aromatic heterocycles. The summed E-state index contributed by atoms with van der Waals surface area (Å²) >= 11 is 0. The maximum Gasteiger partial charge on any atom is 0.147 e. The van der Waals surface area contributed by atoms with E-state index in [2.05, 4.69) is 40.4 Å². The quantitative estimate of drug-likeness (QED) is 0.900. The van der Waals surface area contributed by atoms with Crippen LogP contribution in [0.15, 0.2) is 0 Å². The van der Waals surface area contributed by atoms with E-state index in [0.717, 1.165) is 50.7 Å². The summed E-state index contributed by atoms with van der Waals surface area (Å²) < 4.78 is 8.07. The maximum atomic E-state index is 5.90. The Morgan fingerprint density at radius 3 is 2.43 bits per heavy atom. The Kier molecular flexibility index (Phi) is 4.28. The van der Waals surface area contributed by atoms with Gasteiger partial charge in [0, 0.05) is 31.6 Å². The molecule has 1 saturated heterocycles. The minimum absolute atomic E-state index is 0.288. The first-order valence-corrected chi connectivity index (χ1v) is 8.12. The molecule has 2 heterocycles. The molecule has 2 aliphatic rings. The average Bonchev–Trinajstić information content (AvgIpc) is 2.76. The van der Waals surface area contributed by atoms with E-state index < -0.39 is 0 Å². The molecule has 0 bridgehead atoms. The molecule has 1 aliphatic heterocycles. The summed E-state index contributed by atoms with van der Waals surface area (Å²) in [6.45, 7) is 10.1. The van der Waals surface area contributed by atoms with Crippen molar-refractivity contribution in [3.05, 3.63) is 11.6 Å². The normalized spacial score (nSPS) is 33.9. The Morgan fingerprint density at radius 1 is 1.19 bits per heavy atom. The number of ether oxygens (including phenoxy) is 1. The Balaban J connectivity index is 1.70. The van der Waals surface area contributed by atoms with Crippen LogP contribution in [0.1, 0.15) is 51.2 Å². The number of morpholine rings is 1. The number of rotatable bonds is 4. The third-order valence-corrected chi connectivity index (χ3v) is 4.57. The Labute approximate surface area is 126 Å². The zero-order valence-corrected chi connectivity index (χ0v) is 13.3. The standard InChI is InChI=1S/C15H27N5O/c1-4-20-14(9-19-7-10(2)21-11(3)8-19)17-18-15(20)12-5-13(16)6-12/h10-13H,4-9,16H2,1-3H3/t10-,11+,12?,13?. The van der Waals surface area contributed by atoms with Crippen LogP contribution in [0.3, 0.4) is 0 Å². The van der Waals surface area contributed by atoms with Gasteiger partial charge in [0.15, 0.2) is 0 Å². The summed E-state index contributed by atoms with van der Waals surface area (Å²) in [6.07, 6.45) is 2.67. The van der Waals surface area contributed by atoms with Crippen molar-refractivity contribution in [2.45, 2.75) is 70.9 Å². The van der Waals surface area contributed by atoms with Crippen LogP contribution >= 0.6 is 0 Å². The van der Waals surface area contributed by atoms with Gasteiger partial charge in [0.2, 0.25) is 0 Å². The number of hydrogen-bond donors (Lipinski definition) is 1. The van der Waals surface area contributed by atoms with Crippen LogP contribution < -0.4 is 5.73 Å². The summed E-state index contributed by atoms with van der Waals surface area (Å²) in [4.78, 5) is 2.42. The lowest BCUT2D eigenvalue weighted by Crippen LogP contribution is -2.45. The maximum absolute atomic E-state index is 5.90. The monoisotopic (exact) mass is 293 g/mol. The van der Waals surface area contributed by atoms with Gasteiger partial charge in [-0.1, -0.05) is 0 Å². The van der Waals surface area contributed by atoms with E-state index in [0.29, 0.717) is 12.0 Å². The minimum Gasteiger partial charge on any atom is -0.373 e. The smallest absolute Gasteiger partial charge is 0.147 e. The second-order valence-electron chi connectivity index (χ2n) is 6.60. The van der Waals surface area contributed by atoms with Crippen LogP contribution in [-0.2, 0) is 17.8 Å². The van der Waals surface area contributed by atoms with Crippen molar-refractivity contribution in [2.24, 2.45) is 5.73 Å². The zero-order chi connectivity index (χ0) is 15.0. The van der Waals surface area contributed by atoms with Gasteiger partial charge in [0.05, 0.1) is 18.8 Å². The van der Waals surface area contributed by atoms with Crippen LogP contribution in [0.25, 0.3) is 0 Å². The highest BCUT2D eigenvalue weighted by Gasteiger charge is 2.32. The molecule has 118 valence electrons. The second-order valence-corrected chi connectivity index (χ2v) is 6.60. The van der Waals surface area contributed by atoms with Crippen LogP contribution in [0.4, 0.5) is 0 Å². The molecule has 6 nitrogen and oxygen atoms in total. The predicted octanol–water partition coefficient (Wildman–Crippen LogP) is 1.11. The van der Waals surface area contributed by atoms with E-state index in [9.17, 15) is 0 Å². The zero-order valence-electron chi connectivity index (χ0n) is 13.3. The fraction of sp³-hybridized carbons (Fsp3) is 0.867. The van der Waals surface area contributed by atoms with Gasteiger partial charge in [0.1, 0.15) is 11.6 Å². The fourth-order valence-electron chi connectivity index (χ4n) is 3.60. The summed E-state index contributed by atoms with van der Waals surface area (Å²) in [7, 11) is 0. The molecule has 0 radical (unpaired) electrons. The van der Waals surface area contributed by atoms with Gasteiger partial charge in [0.25, 0.3) is 0 Å². The molecule has 2 atom stereocenters. The Morgan fingerprint density at radius 2 is 1.86 bits per heavy atom. The number of nitrogens with zero attached hydrogens (tertiary/aromatic N) is 4. The molecule has 3 rings (SSSR count). The predicted molar refractivity (Wildman–Crippen MR) is 80.9 cm³/mol. The van der Waals surface area contributed by atoms with Crippen molar-refractivity contribution >= 4 is 0 Å². The third kappa shape index (κ3) is 3.12. The summed E-state index contributed by atoms with van der Waals surface area (Å²) in [6, 6.07) is 0.349. The van der Waals surface area contributed by atoms with Crippen molar-refractivity contribution < 1.29 is 4.74 Å². The first-order chi connectivity index (χ1) is 10.1. The van der Waals surface area contributed by atoms with E-state index in [4.69, 9.17) is 10.5 Å². The minimum atomic E-state index is 0.288. The fourth-order valence-corrected chi connectivity index (χ4v) is 3.60. The molecule has 21 heavy (non-hydrogen) atoms.